The first-order chi connectivity index (χ1) is 11.2. The van der Waals surface area contributed by atoms with Crippen LogP contribution in [0.2, 0.25) is 0 Å². The fourth-order valence-electron chi connectivity index (χ4n) is 2.54. The van der Waals surface area contributed by atoms with E-state index in [2.05, 4.69) is 41.7 Å². The number of nitrogens with one attached hydrogen (secondary N) is 1. The van der Waals surface area contributed by atoms with E-state index < -0.39 is 0 Å². The largest absolute Gasteiger partial charge is 0.349 e. The van der Waals surface area contributed by atoms with Gasteiger partial charge in [0.2, 0.25) is 5.91 Å². The van der Waals surface area contributed by atoms with E-state index in [1.54, 1.807) is 11.3 Å². The molecule has 0 aliphatic carbocycles. The molecule has 2 nitrogen and oxygen atoms in total. The summed E-state index contributed by atoms with van der Waals surface area (Å²) in [7, 11) is 0. The molecule has 3 aromatic rings. The summed E-state index contributed by atoms with van der Waals surface area (Å²) in [6, 6.07) is 22.6. The lowest BCUT2D eigenvalue weighted by atomic mass is 10.0. The van der Waals surface area contributed by atoms with Crippen LogP contribution < -0.4 is 5.32 Å². The molecule has 3 heteroatoms. The molecule has 0 aliphatic rings. The second kappa shape index (κ2) is 7.25. The number of amides is 1. The van der Waals surface area contributed by atoms with E-state index in [-0.39, 0.29) is 11.9 Å². The molecule has 116 valence electrons. The molecule has 0 radical (unpaired) electrons. The van der Waals surface area contributed by atoms with Gasteiger partial charge in [0.25, 0.3) is 0 Å². The Labute approximate surface area is 140 Å². The summed E-state index contributed by atoms with van der Waals surface area (Å²) in [6.07, 6.45) is 0.449. The molecular weight excluding hydrogens is 302 g/mol. The van der Waals surface area contributed by atoms with Gasteiger partial charge in [-0.25, -0.2) is 0 Å². The molecule has 2 aromatic carbocycles. The van der Waals surface area contributed by atoms with Gasteiger partial charge in [-0.3, -0.25) is 4.79 Å². The van der Waals surface area contributed by atoms with Gasteiger partial charge in [0.05, 0.1) is 12.5 Å². The molecule has 0 saturated carbocycles. The summed E-state index contributed by atoms with van der Waals surface area (Å²) in [5, 5.41) is 5.06. The van der Waals surface area contributed by atoms with Crippen molar-refractivity contribution in [1.29, 1.82) is 0 Å². The van der Waals surface area contributed by atoms with Crippen LogP contribution in [0.25, 0.3) is 11.1 Å². The van der Waals surface area contributed by atoms with Crippen molar-refractivity contribution in [1.82, 2.24) is 5.32 Å². The van der Waals surface area contributed by atoms with Gasteiger partial charge >= 0.3 is 0 Å². The second-order valence-corrected chi connectivity index (χ2v) is 6.57. The number of rotatable bonds is 5. The normalized spacial score (nSPS) is 11.9. The van der Waals surface area contributed by atoms with Gasteiger partial charge in [0, 0.05) is 4.88 Å². The van der Waals surface area contributed by atoms with Crippen LogP contribution in [0.5, 0.6) is 0 Å². The van der Waals surface area contributed by atoms with Crippen molar-refractivity contribution in [3.8, 4) is 11.1 Å². The van der Waals surface area contributed by atoms with Crippen LogP contribution in [0.3, 0.4) is 0 Å². The zero-order valence-corrected chi connectivity index (χ0v) is 13.8. The lowest BCUT2D eigenvalue weighted by Gasteiger charge is -2.14. The van der Waals surface area contributed by atoms with E-state index in [1.807, 2.05) is 42.6 Å². The van der Waals surface area contributed by atoms with E-state index in [0.29, 0.717) is 6.42 Å². The molecule has 1 N–H and O–H groups in total. The Morgan fingerprint density at radius 2 is 1.65 bits per heavy atom. The minimum atomic E-state index is 0.00675. The highest BCUT2D eigenvalue weighted by Gasteiger charge is 2.10. The third-order valence-corrected chi connectivity index (χ3v) is 4.69. The molecule has 0 spiro atoms. The van der Waals surface area contributed by atoms with Gasteiger partial charge in [-0.05, 0) is 35.1 Å². The number of carbonyl (C=O) groups excluding carboxylic acids is 1. The van der Waals surface area contributed by atoms with Crippen LogP contribution >= 0.6 is 11.3 Å². The highest BCUT2D eigenvalue weighted by Crippen LogP contribution is 2.22. The molecule has 0 bridgehead atoms. The van der Waals surface area contributed by atoms with Crippen LogP contribution in [-0.2, 0) is 11.2 Å². The molecule has 1 unspecified atom stereocenters. The Kier molecular flexibility index (Phi) is 4.89. The smallest absolute Gasteiger partial charge is 0.225 e. The molecule has 0 fully saturated rings. The fraction of sp³-hybridized carbons (Fsp3) is 0.150. The van der Waals surface area contributed by atoms with E-state index in [9.17, 15) is 4.79 Å². The van der Waals surface area contributed by atoms with Gasteiger partial charge in [-0.2, -0.15) is 0 Å². The number of benzene rings is 2. The molecule has 1 amide bonds. The summed E-state index contributed by atoms with van der Waals surface area (Å²) in [5.41, 5.74) is 3.50. The van der Waals surface area contributed by atoms with Crippen molar-refractivity contribution >= 4 is 17.2 Å². The Morgan fingerprint density at radius 3 is 2.30 bits per heavy atom. The fourth-order valence-corrected chi connectivity index (χ4v) is 3.25. The van der Waals surface area contributed by atoms with Crippen LogP contribution in [0.15, 0.2) is 72.1 Å². The maximum atomic E-state index is 12.1. The van der Waals surface area contributed by atoms with Crippen molar-refractivity contribution in [2.75, 3.05) is 0 Å². The third-order valence-electron chi connectivity index (χ3n) is 3.81. The SMILES string of the molecule is CC(NC(=O)Cc1cccs1)c1ccc(-c2ccccc2)cc1. The maximum absolute atomic E-state index is 12.1. The van der Waals surface area contributed by atoms with E-state index in [1.165, 1.54) is 11.1 Å². The Morgan fingerprint density at radius 1 is 0.957 bits per heavy atom. The van der Waals surface area contributed by atoms with Crippen molar-refractivity contribution < 1.29 is 4.79 Å². The third kappa shape index (κ3) is 4.08. The minimum Gasteiger partial charge on any atom is -0.349 e. The van der Waals surface area contributed by atoms with Crippen LogP contribution in [0.4, 0.5) is 0 Å². The van der Waals surface area contributed by atoms with Crippen molar-refractivity contribution in [2.24, 2.45) is 0 Å². The Balaban J connectivity index is 1.63. The highest BCUT2D eigenvalue weighted by atomic mass is 32.1. The zero-order chi connectivity index (χ0) is 16.1. The summed E-state index contributed by atoms with van der Waals surface area (Å²) < 4.78 is 0. The van der Waals surface area contributed by atoms with Gasteiger partial charge < -0.3 is 5.32 Å². The number of carbonyl (C=O) groups is 1. The van der Waals surface area contributed by atoms with Crippen LogP contribution in [0.1, 0.15) is 23.4 Å². The number of hydrogen-bond acceptors (Lipinski definition) is 2. The van der Waals surface area contributed by atoms with Gasteiger partial charge in [0.1, 0.15) is 0 Å². The Hall–Kier alpha value is -2.39. The van der Waals surface area contributed by atoms with Gasteiger partial charge in [0.15, 0.2) is 0 Å². The lowest BCUT2D eigenvalue weighted by molar-refractivity contribution is -0.121. The monoisotopic (exact) mass is 321 g/mol. The summed E-state index contributed by atoms with van der Waals surface area (Å²) in [5.74, 6) is 0.0621. The Bertz CT molecular complexity index is 748. The average Bonchev–Trinajstić information content (AvgIpc) is 3.08. The number of thiophene rings is 1. The molecule has 23 heavy (non-hydrogen) atoms. The molecule has 1 aromatic heterocycles. The first-order valence-electron chi connectivity index (χ1n) is 7.69. The van der Waals surface area contributed by atoms with E-state index >= 15 is 0 Å². The maximum Gasteiger partial charge on any atom is 0.225 e. The zero-order valence-electron chi connectivity index (χ0n) is 13.0. The topological polar surface area (TPSA) is 29.1 Å². The second-order valence-electron chi connectivity index (χ2n) is 5.53. The first kappa shape index (κ1) is 15.5. The first-order valence-corrected chi connectivity index (χ1v) is 8.57. The minimum absolute atomic E-state index is 0.00675. The van der Waals surface area contributed by atoms with Gasteiger partial charge in [-0.15, -0.1) is 11.3 Å². The molecule has 1 heterocycles. The van der Waals surface area contributed by atoms with Crippen molar-refractivity contribution in [3.05, 3.63) is 82.6 Å². The summed E-state index contributed by atoms with van der Waals surface area (Å²) >= 11 is 1.61. The van der Waals surface area contributed by atoms with Crippen molar-refractivity contribution in [3.63, 3.8) is 0 Å². The molecule has 3 rings (SSSR count). The van der Waals surface area contributed by atoms with Crippen LogP contribution in [0, 0.1) is 0 Å². The molecular formula is C20H19NOS. The number of hydrogen-bond donors (Lipinski definition) is 1. The predicted molar refractivity (Wildman–Crippen MR) is 96.5 cm³/mol. The lowest BCUT2D eigenvalue weighted by Crippen LogP contribution is -2.27. The predicted octanol–water partition coefficient (Wildman–Crippen LogP) is 4.84. The average molecular weight is 321 g/mol. The molecule has 1 atom stereocenters. The highest BCUT2D eigenvalue weighted by molar-refractivity contribution is 7.10. The van der Waals surface area contributed by atoms with E-state index in [0.717, 1.165) is 10.4 Å². The summed E-state index contributed by atoms with van der Waals surface area (Å²) in [4.78, 5) is 13.2. The van der Waals surface area contributed by atoms with E-state index in [4.69, 9.17) is 0 Å². The summed E-state index contributed by atoms with van der Waals surface area (Å²) in [6.45, 7) is 2.02. The van der Waals surface area contributed by atoms with Gasteiger partial charge in [-0.1, -0.05) is 60.7 Å². The molecule has 0 aliphatic heterocycles. The van der Waals surface area contributed by atoms with Crippen molar-refractivity contribution in [2.45, 2.75) is 19.4 Å². The molecule has 0 saturated heterocycles. The van der Waals surface area contributed by atoms with Crippen LogP contribution in [-0.4, -0.2) is 5.91 Å². The standard InChI is InChI=1S/C20H19NOS/c1-15(21-20(22)14-19-8-5-13-23-19)16-9-11-18(12-10-16)17-6-3-2-4-7-17/h2-13,15H,14H2,1H3,(H,21,22). The quantitative estimate of drug-likeness (QED) is 0.716.